The van der Waals surface area contributed by atoms with Crippen LogP contribution < -0.4 is 5.32 Å². The first kappa shape index (κ1) is 10.1. The lowest BCUT2D eigenvalue weighted by Gasteiger charge is -2.37. The van der Waals surface area contributed by atoms with E-state index in [1.54, 1.807) is 6.92 Å². The summed E-state index contributed by atoms with van der Waals surface area (Å²) in [5, 5.41) is 3.32. The Morgan fingerprint density at radius 2 is 2.07 bits per heavy atom. The lowest BCUT2D eigenvalue weighted by molar-refractivity contribution is -0.122. The number of nitrogens with zero attached hydrogens (tertiary/aromatic N) is 1. The fraction of sp³-hybridized carbons (Fsp3) is 0.909. The van der Waals surface area contributed by atoms with Crippen molar-refractivity contribution in [3.63, 3.8) is 0 Å². The van der Waals surface area contributed by atoms with Crippen molar-refractivity contribution in [1.82, 2.24) is 10.2 Å². The maximum atomic E-state index is 11.4. The summed E-state index contributed by atoms with van der Waals surface area (Å²) in [6.45, 7) is 2.79. The molecule has 2 rings (SSSR count). The molecule has 82 valence electrons. The molecule has 2 aliphatic heterocycles. The van der Waals surface area contributed by atoms with Gasteiger partial charge in [0.2, 0.25) is 0 Å². The van der Waals surface area contributed by atoms with Crippen LogP contribution >= 0.6 is 0 Å². The van der Waals surface area contributed by atoms with E-state index in [1.165, 1.54) is 19.3 Å². The van der Waals surface area contributed by atoms with Crippen molar-refractivity contribution < 1.29 is 6.22 Å². The molecule has 1 N–H and O–H groups in total. The molecule has 3 heteroatoms. The highest BCUT2D eigenvalue weighted by atomic mass is 16.1. The number of nitrogens with one attached hydrogen (secondary N) is 1. The number of hydrogen-bond donors (Lipinski definition) is 1. The summed E-state index contributed by atoms with van der Waals surface area (Å²) in [7, 11) is 2.02. The van der Waals surface area contributed by atoms with E-state index in [9.17, 15) is 4.79 Å². The van der Waals surface area contributed by atoms with Gasteiger partial charge < -0.3 is 5.32 Å². The van der Waals surface area contributed by atoms with Crippen LogP contribution in [0, 0.1) is 0 Å². The van der Waals surface area contributed by atoms with E-state index >= 15 is 0 Å². The molecule has 3 nitrogen and oxygen atoms in total. The number of piperidine rings is 1. The minimum Gasteiger partial charge on any atom is -0.316 e. The second-order valence-corrected chi connectivity index (χ2v) is 4.62. The van der Waals surface area contributed by atoms with Crippen molar-refractivity contribution in [3.8, 4) is 0 Å². The normalized spacial score (nSPS) is 38.3. The molecule has 0 aromatic rings. The largest absolute Gasteiger partial charge is 0.316 e. The van der Waals surface area contributed by atoms with Crippen molar-refractivity contribution in [2.24, 2.45) is 0 Å². The third-order valence-electron chi connectivity index (χ3n) is 3.80. The molecule has 14 heavy (non-hydrogen) atoms. The molecule has 0 amide bonds. The van der Waals surface area contributed by atoms with E-state index < -0.39 is 0 Å². The summed E-state index contributed by atoms with van der Waals surface area (Å²) in [5.74, 6) is 0.351. The lowest BCUT2D eigenvalue weighted by atomic mass is 9.99. The number of fused-ring (bicyclic) bond motifs is 1. The molecule has 0 aliphatic carbocycles. The monoisotopic (exact) mass is 198 g/mol. The first-order valence-corrected chi connectivity index (χ1v) is 5.66. The van der Waals surface area contributed by atoms with Crippen molar-refractivity contribution >= 4 is 5.78 Å². The molecule has 3 atom stereocenters. The van der Waals surface area contributed by atoms with E-state index in [1.807, 2.05) is 7.05 Å². The molecule has 3 unspecified atom stereocenters. The Morgan fingerprint density at radius 1 is 1.36 bits per heavy atom. The predicted octanol–water partition coefficient (Wildman–Crippen LogP) is 1.04. The summed E-state index contributed by atoms with van der Waals surface area (Å²) >= 11 is 0. The van der Waals surface area contributed by atoms with Gasteiger partial charge in [-0.25, -0.2) is 0 Å². The van der Waals surface area contributed by atoms with Crippen LogP contribution in [0.1, 0.15) is 34.0 Å². The van der Waals surface area contributed by atoms with Crippen LogP contribution in [-0.4, -0.2) is 42.4 Å². The highest BCUT2D eigenvalue weighted by molar-refractivity contribution is 5.81. The zero-order chi connectivity index (χ0) is 10.1. The molecule has 2 heterocycles. The second-order valence-electron chi connectivity index (χ2n) is 4.62. The van der Waals surface area contributed by atoms with Gasteiger partial charge in [0.1, 0.15) is 5.78 Å². The molecule has 0 bridgehead atoms. The Hall–Kier alpha value is -0.410. The topological polar surface area (TPSA) is 32.3 Å². The Balaban J connectivity index is 0.00000112. The van der Waals surface area contributed by atoms with E-state index in [-0.39, 0.29) is 7.47 Å². The number of likely N-dealkylation sites (N-methyl/N-ethyl adjacent to an activating group) is 1. The van der Waals surface area contributed by atoms with Crippen LogP contribution in [0.25, 0.3) is 0 Å². The van der Waals surface area contributed by atoms with Crippen molar-refractivity contribution in [1.29, 1.82) is 0 Å². The molecule has 2 fully saturated rings. The summed E-state index contributed by atoms with van der Waals surface area (Å²) in [4.78, 5) is 13.9. The maximum absolute atomic E-state index is 11.4. The SMILES string of the molecule is CNC1CCC2CCC(C(C)=O)N2C1.[HH]. The number of rotatable bonds is 2. The third-order valence-corrected chi connectivity index (χ3v) is 3.80. The van der Waals surface area contributed by atoms with Gasteiger partial charge in [-0.15, -0.1) is 0 Å². The summed E-state index contributed by atoms with van der Waals surface area (Å²) in [6.07, 6.45) is 4.83. The minimum absolute atomic E-state index is 0. The third kappa shape index (κ3) is 1.71. The molecule has 0 aromatic heterocycles. The number of ketones is 1. The van der Waals surface area contributed by atoms with E-state index in [0.29, 0.717) is 17.9 Å². The first-order chi connectivity index (χ1) is 6.72. The van der Waals surface area contributed by atoms with Gasteiger partial charge in [-0.05, 0) is 39.7 Å². The van der Waals surface area contributed by atoms with E-state index in [2.05, 4.69) is 10.2 Å². The molecule has 0 saturated carbocycles. The standard InChI is InChI=1S/C11H20N2O.H2/c1-8(14)11-6-5-10-4-3-9(12-2)7-13(10)11;/h9-12H,3-7H2,1-2H3;1H. The van der Waals surface area contributed by atoms with Crippen LogP contribution in [-0.2, 0) is 4.79 Å². The second kappa shape index (κ2) is 3.99. The van der Waals surface area contributed by atoms with Gasteiger partial charge >= 0.3 is 0 Å². The van der Waals surface area contributed by atoms with Crippen LogP contribution in [0.4, 0.5) is 0 Å². The summed E-state index contributed by atoms with van der Waals surface area (Å²) < 4.78 is 0. The van der Waals surface area contributed by atoms with E-state index in [4.69, 9.17) is 0 Å². The fourth-order valence-corrected chi connectivity index (χ4v) is 2.93. The van der Waals surface area contributed by atoms with Crippen LogP contribution in [0.15, 0.2) is 0 Å². The van der Waals surface area contributed by atoms with Crippen molar-refractivity contribution in [2.45, 2.75) is 50.7 Å². The van der Waals surface area contributed by atoms with E-state index in [0.717, 1.165) is 13.0 Å². The van der Waals surface area contributed by atoms with Gasteiger partial charge in [0.25, 0.3) is 0 Å². The van der Waals surface area contributed by atoms with Crippen LogP contribution in [0.3, 0.4) is 0 Å². The fourth-order valence-electron chi connectivity index (χ4n) is 2.93. The Morgan fingerprint density at radius 3 is 2.71 bits per heavy atom. The van der Waals surface area contributed by atoms with Gasteiger partial charge in [-0.3, -0.25) is 9.69 Å². The minimum atomic E-state index is 0. The number of carbonyl (C=O) groups excluding carboxylic acids is 1. The maximum Gasteiger partial charge on any atom is 0.146 e. The lowest BCUT2D eigenvalue weighted by Crippen LogP contribution is -2.51. The number of hydrogen-bond acceptors (Lipinski definition) is 3. The van der Waals surface area contributed by atoms with Gasteiger partial charge in [0.05, 0.1) is 6.04 Å². The Kier molecular flexibility index (Phi) is 2.88. The van der Waals surface area contributed by atoms with Crippen LogP contribution in [0.5, 0.6) is 0 Å². The summed E-state index contributed by atoms with van der Waals surface area (Å²) in [6, 6.07) is 1.50. The van der Waals surface area contributed by atoms with Gasteiger partial charge in [-0.1, -0.05) is 0 Å². The molecule has 2 aliphatic rings. The smallest absolute Gasteiger partial charge is 0.146 e. The number of carbonyl (C=O) groups is 1. The molecule has 0 spiro atoms. The zero-order valence-electron chi connectivity index (χ0n) is 9.12. The average Bonchev–Trinajstić information content (AvgIpc) is 2.59. The molecular weight excluding hydrogens is 176 g/mol. The summed E-state index contributed by atoms with van der Waals surface area (Å²) in [5.41, 5.74) is 0. The van der Waals surface area contributed by atoms with Gasteiger partial charge in [0, 0.05) is 20.1 Å². The molecular formula is C11H22N2O. The average molecular weight is 198 g/mol. The quantitative estimate of drug-likeness (QED) is 0.719. The highest BCUT2D eigenvalue weighted by Gasteiger charge is 2.39. The molecule has 0 radical (unpaired) electrons. The van der Waals surface area contributed by atoms with Gasteiger partial charge in [-0.2, -0.15) is 0 Å². The van der Waals surface area contributed by atoms with Crippen molar-refractivity contribution in [2.75, 3.05) is 13.6 Å². The Labute approximate surface area is 87.3 Å². The molecule has 0 aromatic carbocycles. The van der Waals surface area contributed by atoms with Crippen molar-refractivity contribution in [3.05, 3.63) is 0 Å². The zero-order valence-corrected chi connectivity index (χ0v) is 9.12. The van der Waals surface area contributed by atoms with Gasteiger partial charge in [0.15, 0.2) is 0 Å². The van der Waals surface area contributed by atoms with Crippen LogP contribution in [0.2, 0.25) is 0 Å². The Bertz CT molecular complexity index is 235. The highest BCUT2D eigenvalue weighted by Crippen LogP contribution is 2.31. The number of Topliss-reactive ketones (excluding diaryl/α,β-unsaturated/α-hetero) is 1. The predicted molar refractivity (Wildman–Crippen MR) is 58.4 cm³/mol. The molecule has 2 saturated heterocycles. The first-order valence-electron chi connectivity index (χ1n) is 5.66.